The molecule has 1 unspecified atom stereocenters. The van der Waals surface area contributed by atoms with E-state index in [0.29, 0.717) is 18.1 Å². The Kier molecular flexibility index (Phi) is 4.30. The molecule has 1 aromatic heterocycles. The van der Waals surface area contributed by atoms with E-state index >= 15 is 0 Å². The Morgan fingerprint density at radius 1 is 1.37 bits per heavy atom. The molecule has 100 valence electrons. The fourth-order valence-corrected chi connectivity index (χ4v) is 1.92. The molecule has 0 aliphatic heterocycles. The van der Waals surface area contributed by atoms with Gasteiger partial charge in [0.15, 0.2) is 0 Å². The van der Waals surface area contributed by atoms with Crippen molar-refractivity contribution in [1.82, 2.24) is 9.97 Å². The molecule has 0 saturated carbocycles. The number of aromatic nitrogens is 2. The second kappa shape index (κ2) is 6.15. The van der Waals surface area contributed by atoms with E-state index in [4.69, 9.17) is 0 Å². The topological polar surface area (TPSA) is 78.0 Å². The van der Waals surface area contributed by atoms with Crippen LogP contribution in [0.5, 0.6) is 0 Å². The minimum atomic E-state index is -0.202. The number of rotatable bonds is 5. The SMILES string of the molecule is Cc1nc(NC(CO)Cc2ccccc2)cc(=O)[nH]1. The van der Waals surface area contributed by atoms with Crippen LogP contribution in [0, 0.1) is 6.92 Å². The zero-order chi connectivity index (χ0) is 13.7. The molecule has 0 aliphatic rings. The second-order valence-corrected chi connectivity index (χ2v) is 4.43. The van der Waals surface area contributed by atoms with Crippen molar-refractivity contribution in [1.29, 1.82) is 0 Å². The van der Waals surface area contributed by atoms with Crippen molar-refractivity contribution in [3.8, 4) is 0 Å². The predicted octanol–water partition coefficient (Wildman–Crippen LogP) is 1.09. The molecule has 5 heteroatoms. The summed E-state index contributed by atoms with van der Waals surface area (Å²) in [4.78, 5) is 18.1. The number of hydrogen-bond donors (Lipinski definition) is 3. The third kappa shape index (κ3) is 3.93. The highest BCUT2D eigenvalue weighted by atomic mass is 16.3. The monoisotopic (exact) mass is 259 g/mol. The lowest BCUT2D eigenvalue weighted by Gasteiger charge is -2.17. The molecule has 1 heterocycles. The van der Waals surface area contributed by atoms with Crippen molar-refractivity contribution >= 4 is 5.82 Å². The van der Waals surface area contributed by atoms with Crippen molar-refractivity contribution in [3.63, 3.8) is 0 Å². The summed E-state index contributed by atoms with van der Waals surface area (Å²) in [5, 5.41) is 12.5. The van der Waals surface area contributed by atoms with Gasteiger partial charge in [0.2, 0.25) is 0 Å². The Bertz CT molecular complexity index is 581. The van der Waals surface area contributed by atoms with E-state index in [9.17, 15) is 9.90 Å². The Morgan fingerprint density at radius 2 is 2.11 bits per heavy atom. The van der Waals surface area contributed by atoms with Gasteiger partial charge in [-0.2, -0.15) is 0 Å². The molecule has 1 aromatic carbocycles. The predicted molar refractivity (Wildman–Crippen MR) is 74.2 cm³/mol. The largest absolute Gasteiger partial charge is 0.394 e. The summed E-state index contributed by atoms with van der Waals surface area (Å²) >= 11 is 0. The number of aromatic amines is 1. The van der Waals surface area contributed by atoms with Crippen LogP contribution in [0.4, 0.5) is 5.82 Å². The number of nitrogens with one attached hydrogen (secondary N) is 2. The van der Waals surface area contributed by atoms with Crippen LogP contribution in [0.15, 0.2) is 41.2 Å². The van der Waals surface area contributed by atoms with Crippen molar-refractivity contribution in [2.45, 2.75) is 19.4 Å². The van der Waals surface area contributed by atoms with E-state index in [1.54, 1.807) is 6.92 Å². The van der Waals surface area contributed by atoms with Gasteiger partial charge in [0, 0.05) is 6.07 Å². The Morgan fingerprint density at radius 3 is 2.74 bits per heavy atom. The lowest BCUT2D eigenvalue weighted by Crippen LogP contribution is -2.28. The Labute approximate surface area is 111 Å². The minimum absolute atomic E-state index is 0.0254. The summed E-state index contributed by atoms with van der Waals surface area (Å²) in [7, 11) is 0. The number of aliphatic hydroxyl groups excluding tert-OH is 1. The summed E-state index contributed by atoms with van der Waals surface area (Å²) in [5.41, 5.74) is 0.919. The van der Waals surface area contributed by atoms with Crippen LogP contribution >= 0.6 is 0 Å². The third-order valence-electron chi connectivity index (χ3n) is 2.76. The Hall–Kier alpha value is -2.14. The highest BCUT2D eigenvalue weighted by Gasteiger charge is 2.09. The number of anilines is 1. The second-order valence-electron chi connectivity index (χ2n) is 4.43. The molecule has 5 nitrogen and oxygen atoms in total. The molecule has 0 fully saturated rings. The number of benzene rings is 1. The Balaban J connectivity index is 2.08. The lowest BCUT2D eigenvalue weighted by molar-refractivity contribution is 0.273. The van der Waals surface area contributed by atoms with Gasteiger partial charge >= 0.3 is 0 Å². The summed E-state index contributed by atoms with van der Waals surface area (Å²) in [6.45, 7) is 1.69. The molecule has 3 N–H and O–H groups in total. The van der Waals surface area contributed by atoms with E-state index in [2.05, 4.69) is 15.3 Å². The van der Waals surface area contributed by atoms with E-state index in [-0.39, 0.29) is 18.2 Å². The first-order chi connectivity index (χ1) is 9.17. The summed E-state index contributed by atoms with van der Waals surface area (Å²) in [6.07, 6.45) is 0.671. The standard InChI is InChI=1S/C14H17N3O2/c1-10-15-13(8-14(19)16-10)17-12(9-18)7-11-5-3-2-4-6-11/h2-6,8,12,18H,7,9H2,1H3,(H2,15,16,17,19). The van der Waals surface area contributed by atoms with E-state index in [1.165, 1.54) is 6.07 Å². The summed E-state index contributed by atoms with van der Waals surface area (Å²) < 4.78 is 0. The molecule has 0 aliphatic carbocycles. The van der Waals surface area contributed by atoms with Crippen LogP contribution in [-0.2, 0) is 6.42 Å². The molecule has 0 amide bonds. The summed E-state index contributed by atoms with van der Waals surface area (Å²) in [6, 6.07) is 11.1. The molecule has 0 saturated heterocycles. The first-order valence-electron chi connectivity index (χ1n) is 6.16. The molecule has 19 heavy (non-hydrogen) atoms. The number of H-pyrrole nitrogens is 1. The number of hydrogen-bond acceptors (Lipinski definition) is 4. The number of nitrogens with zero attached hydrogens (tertiary/aromatic N) is 1. The van der Waals surface area contributed by atoms with Gasteiger partial charge in [-0.1, -0.05) is 30.3 Å². The first kappa shape index (κ1) is 13.3. The van der Waals surface area contributed by atoms with Gasteiger partial charge in [0.25, 0.3) is 5.56 Å². The van der Waals surface area contributed by atoms with Crippen LogP contribution in [0.3, 0.4) is 0 Å². The molecule has 1 atom stereocenters. The highest BCUT2D eigenvalue weighted by Crippen LogP contribution is 2.07. The van der Waals surface area contributed by atoms with Crippen molar-refractivity contribution in [2.75, 3.05) is 11.9 Å². The molecule has 0 bridgehead atoms. The van der Waals surface area contributed by atoms with Crippen molar-refractivity contribution in [2.24, 2.45) is 0 Å². The van der Waals surface area contributed by atoms with Crippen LogP contribution < -0.4 is 10.9 Å². The smallest absolute Gasteiger partial charge is 0.252 e. The molecule has 2 aromatic rings. The van der Waals surface area contributed by atoms with Gasteiger partial charge in [-0.15, -0.1) is 0 Å². The van der Waals surface area contributed by atoms with Gasteiger partial charge in [-0.05, 0) is 18.9 Å². The molecular formula is C14H17N3O2. The fraction of sp³-hybridized carbons (Fsp3) is 0.286. The van der Waals surface area contributed by atoms with Crippen molar-refractivity contribution < 1.29 is 5.11 Å². The zero-order valence-electron chi connectivity index (χ0n) is 10.8. The first-order valence-corrected chi connectivity index (χ1v) is 6.16. The van der Waals surface area contributed by atoms with Crippen LogP contribution in [0.2, 0.25) is 0 Å². The lowest BCUT2D eigenvalue weighted by atomic mass is 10.1. The fourth-order valence-electron chi connectivity index (χ4n) is 1.92. The molecule has 2 rings (SSSR count). The molecular weight excluding hydrogens is 242 g/mol. The van der Waals surface area contributed by atoms with Gasteiger partial charge in [-0.3, -0.25) is 4.79 Å². The molecule has 0 spiro atoms. The van der Waals surface area contributed by atoms with Gasteiger partial charge in [-0.25, -0.2) is 4.98 Å². The average Bonchev–Trinajstić information content (AvgIpc) is 2.38. The highest BCUT2D eigenvalue weighted by molar-refractivity contribution is 5.35. The zero-order valence-corrected chi connectivity index (χ0v) is 10.8. The maximum Gasteiger partial charge on any atom is 0.252 e. The maximum absolute atomic E-state index is 11.3. The number of aliphatic hydroxyl groups is 1. The minimum Gasteiger partial charge on any atom is -0.394 e. The van der Waals surface area contributed by atoms with Gasteiger partial charge < -0.3 is 15.4 Å². The van der Waals surface area contributed by atoms with Crippen LogP contribution in [0.1, 0.15) is 11.4 Å². The van der Waals surface area contributed by atoms with E-state index in [1.807, 2.05) is 30.3 Å². The summed E-state index contributed by atoms with van der Waals surface area (Å²) in [5.74, 6) is 1.03. The van der Waals surface area contributed by atoms with Gasteiger partial charge in [0.05, 0.1) is 12.6 Å². The van der Waals surface area contributed by atoms with Crippen LogP contribution in [-0.4, -0.2) is 27.7 Å². The van der Waals surface area contributed by atoms with E-state index in [0.717, 1.165) is 5.56 Å². The molecule has 0 radical (unpaired) electrons. The maximum atomic E-state index is 11.3. The normalized spacial score (nSPS) is 12.1. The quantitative estimate of drug-likeness (QED) is 0.751. The number of aryl methyl sites for hydroxylation is 1. The van der Waals surface area contributed by atoms with Gasteiger partial charge in [0.1, 0.15) is 11.6 Å². The van der Waals surface area contributed by atoms with E-state index < -0.39 is 0 Å². The van der Waals surface area contributed by atoms with Crippen molar-refractivity contribution in [3.05, 3.63) is 58.1 Å². The van der Waals surface area contributed by atoms with Crippen LogP contribution in [0.25, 0.3) is 0 Å². The average molecular weight is 259 g/mol. The third-order valence-corrected chi connectivity index (χ3v) is 2.76.